The Balaban J connectivity index is 2.44. The van der Waals surface area contributed by atoms with E-state index in [-0.39, 0.29) is 6.04 Å². The van der Waals surface area contributed by atoms with E-state index < -0.39 is 0 Å². The highest BCUT2D eigenvalue weighted by Gasteiger charge is 2.09. The lowest BCUT2D eigenvalue weighted by Gasteiger charge is -2.10. The topological polar surface area (TPSA) is 38.9 Å². The maximum absolute atomic E-state index is 6.00. The second kappa shape index (κ2) is 4.72. The minimum absolute atomic E-state index is 0.132. The summed E-state index contributed by atoms with van der Waals surface area (Å²) in [5.41, 5.74) is 7.06. The van der Waals surface area contributed by atoms with E-state index >= 15 is 0 Å². The third-order valence-electron chi connectivity index (χ3n) is 2.07. The monoisotopic (exact) mass is 198 g/mol. The summed E-state index contributed by atoms with van der Waals surface area (Å²) in [4.78, 5) is 4.38. The Morgan fingerprint density at radius 3 is 2.62 bits per heavy atom. The van der Waals surface area contributed by atoms with Gasteiger partial charge in [0.05, 0.1) is 10.7 Å². The van der Waals surface area contributed by atoms with E-state index in [2.05, 4.69) is 24.2 Å². The second-order valence-electron chi connectivity index (χ2n) is 3.87. The Labute approximate surface area is 84.2 Å². The molecule has 0 spiro atoms. The summed E-state index contributed by atoms with van der Waals surface area (Å²) in [6.45, 7) is 6.46. The Morgan fingerprint density at radius 1 is 1.46 bits per heavy atom. The van der Waals surface area contributed by atoms with Crippen LogP contribution in [0.3, 0.4) is 0 Å². The smallest absolute Gasteiger partial charge is 0.0898 e. The van der Waals surface area contributed by atoms with E-state index in [0.717, 1.165) is 23.0 Å². The molecule has 0 aliphatic heterocycles. The minimum Gasteiger partial charge on any atom is -0.323 e. The van der Waals surface area contributed by atoms with E-state index in [1.54, 1.807) is 11.3 Å². The highest BCUT2D eigenvalue weighted by Crippen LogP contribution is 2.20. The quantitative estimate of drug-likeness (QED) is 0.808. The number of nitrogens with zero attached hydrogens (tertiary/aromatic N) is 1. The fourth-order valence-corrected chi connectivity index (χ4v) is 1.89. The van der Waals surface area contributed by atoms with E-state index in [0.29, 0.717) is 0 Å². The normalized spacial score (nSPS) is 13.6. The number of hydrogen-bond donors (Lipinski definition) is 1. The lowest BCUT2D eigenvalue weighted by molar-refractivity contribution is 0.502. The van der Waals surface area contributed by atoms with Crippen molar-refractivity contribution in [2.75, 3.05) is 0 Å². The summed E-state index contributed by atoms with van der Waals surface area (Å²) in [7, 11) is 0. The molecule has 0 fully saturated rings. The molecule has 13 heavy (non-hydrogen) atoms. The molecule has 1 rings (SSSR count). The summed E-state index contributed by atoms with van der Waals surface area (Å²) in [6, 6.07) is 0.132. The van der Waals surface area contributed by atoms with Crippen LogP contribution in [0.4, 0.5) is 0 Å². The third kappa shape index (κ3) is 3.44. The average Bonchev–Trinajstić information content (AvgIpc) is 2.47. The van der Waals surface area contributed by atoms with Gasteiger partial charge in [-0.25, -0.2) is 4.98 Å². The first-order chi connectivity index (χ1) is 6.09. The molecule has 1 heterocycles. The van der Waals surface area contributed by atoms with Gasteiger partial charge in [-0.3, -0.25) is 0 Å². The number of thiazole rings is 1. The Kier molecular flexibility index (Phi) is 3.88. The average molecular weight is 198 g/mol. The lowest BCUT2D eigenvalue weighted by atomic mass is 10.0. The van der Waals surface area contributed by atoms with Crippen molar-refractivity contribution < 1.29 is 0 Å². The predicted molar refractivity (Wildman–Crippen MR) is 57.9 cm³/mol. The zero-order valence-corrected chi connectivity index (χ0v) is 9.40. The van der Waals surface area contributed by atoms with Crippen LogP contribution in [0.5, 0.6) is 0 Å². The van der Waals surface area contributed by atoms with Gasteiger partial charge in [0.25, 0.3) is 0 Å². The van der Waals surface area contributed by atoms with Gasteiger partial charge in [-0.1, -0.05) is 13.8 Å². The number of rotatable bonds is 4. The van der Waals surface area contributed by atoms with Gasteiger partial charge in [-0.05, 0) is 25.7 Å². The molecule has 0 saturated carbocycles. The molecule has 1 atom stereocenters. The van der Waals surface area contributed by atoms with Gasteiger partial charge >= 0.3 is 0 Å². The van der Waals surface area contributed by atoms with Crippen LogP contribution >= 0.6 is 11.3 Å². The van der Waals surface area contributed by atoms with Crippen LogP contribution in [0.2, 0.25) is 0 Å². The SMILES string of the molecule is Cc1nc(C(N)CCC(C)C)cs1. The maximum Gasteiger partial charge on any atom is 0.0898 e. The molecule has 0 bridgehead atoms. The highest BCUT2D eigenvalue weighted by molar-refractivity contribution is 7.09. The Hall–Kier alpha value is -0.410. The van der Waals surface area contributed by atoms with E-state index in [1.807, 2.05) is 6.92 Å². The number of aromatic nitrogens is 1. The second-order valence-corrected chi connectivity index (χ2v) is 4.93. The van der Waals surface area contributed by atoms with Crippen molar-refractivity contribution in [3.8, 4) is 0 Å². The molecule has 1 unspecified atom stereocenters. The fraction of sp³-hybridized carbons (Fsp3) is 0.700. The summed E-state index contributed by atoms with van der Waals surface area (Å²) in [5.74, 6) is 0.728. The number of aryl methyl sites for hydroxylation is 1. The molecule has 0 amide bonds. The highest BCUT2D eigenvalue weighted by atomic mass is 32.1. The molecule has 2 N–H and O–H groups in total. The van der Waals surface area contributed by atoms with Crippen molar-refractivity contribution >= 4 is 11.3 Å². The van der Waals surface area contributed by atoms with Crippen molar-refractivity contribution in [3.05, 3.63) is 16.1 Å². The van der Waals surface area contributed by atoms with Crippen LogP contribution in [0, 0.1) is 12.8 Å². The van der Waals surface area contributed by atoms with Crippen molar-refractivity contribution in [2.45, 2.75) is 39.7 Å². The Bertz CT molecular complexity index is 255. The van der Waals surface area contributed by atoms with Crippen molar-refractivity contribution in [1.82, 2.24) is 4.98 Å². The molecule has 1 aromatic heterocycles. The molecule has 0 radical (unpaired) electrons. The molecular weight excluding hydrogens is 180 g/mol. The van der Waals surface area contributed by atoms with E-state index in [9.17, 15) is 0 Å². The zero-order chi connectivity index (χ0) is 9.84. The van der Waals surface area contributed by atoms with Gasteiger partial charge in [0.15, 0.2) is 0 Å². The first kappa shape index (κ1) is 10.7. The molecular formula is C10H18N2S. The molecule has 0 aliphatic carbocycles. The first-order valence-electron chi connectivity index (χ1n) is 4.77. The van der Waals surface area contributed by atoms with Gasteiger partial charge in [0, 0.05) is 11.4 Å². The lowest BCUT2D eigenvalue weighted by Crippen LogP contribution is -2.11. The van der Waals surface area contributed by atoms with Gasteiger partial charge in [0.2, 0.25) is 0 Å². The van der Waals surface area contributed by atoms with Crippen molar-refractivity contribution in [3.63, 3.8) is 0 Å². The summed E-state index contributed by atoms with van der Waals surface area (Å²) < 4.78 is 0. The molecule has 0 saturated heterocycles. The van der Waals surface area contributed by atoms with E-state index in [1.165, 1.54) is 6.42 Å². The van der Waals surface area contributed by atoms with Crippen LogP contribution in [0.25, 0.3) is 0 Å². The summed E-state index contributed by atoms with van der Waals surface area (Å²) >= 11 is 1.68. The zero-order valence-electron chi connectivity index (χ0n) is 8.58. The van der Waals surface area contributed by atoms with Crippen LogP contribution in [0.15, 0.2) is 5.38 Å². The van der Waals surface area contributed by atoms with Crippen molar-refractivity contribution in [2.24, 2.45) is 11.7 Å². The van der Waals surface area contributed by atoms with Gasteiger partial charge in [0.1, 0.15) is 0 Å². The molecule has 0 aromatic carbocycles. The summed E-state index contributed by atoms with van der Waals surface area (Å²) in [6.07, 6.45) is 2.22. The van der Waals surface area contributed by atoms with Gasteiger partial charge < -0.3 is 5.73 Å². The molecule has 3 heteroatoms. The fourth-order valence-electron chi connectivity index (χ4n) is 1.21. The standard InChI is InChI=1S/C10H18N2S/c1-7(2)4-5-9(11)10-6-13-8(3)12-10/h6-7,9H,4-5,11H2,1-3H3. The van der Waals surface area contributed by atoms with Crippen molar-refractivity contribution in [1.29, 1.82) is 0 Å². The molecule has 2 nitrogen and oxygen atoms in total. The van der Waals surface area contributed by atoms with Crippen LogP contribution in [0.1, 0.15) is 43.4 Å². The maximum atomic E-state index is 6.00. The number of hydrogen-bond acceptors (Lipinski definition) is 3. The first-order valence-corrected chi connectivity index (χ1v) is 5.65. The predicted octanol–water partition coefficient (Wildman–Crippen LogP) is 2.89. The largest absolute Gasteiger partial charge is 0.323 e. The van der Waals surface area contributed by atoms with E-state index in [4.69, 9.17) is 5.73 Å². The van der Waals surface area contributed by atoms with Crippen LogP contribution < -0.4 is 5.73 Å². The van der Waals surface area contributed by atoms with Gasteiger partial charge in [-0.15, -0.1) is 11.3 Å². The number of nitrogens with two attached hydrogens (primary N) is 1. The third-order valence-corrected chi connectivity index (χ3v) is 2.86. The molecule has 0 aliphatic rings. The van der Waals surface area contributed by atoms with Crippen LogP contribution in [-0.4, -0.2) is 4.98 Å². The molecule has 74 valence electrons. The summed E-state index contributed by atoms with van der Waals surface area (Å²) in [5, 5.41) is 3.18. The Morgan fingerprint density at radius 2 is 2.15 bits per heavy atom. The van der Waals surface area contributed by atoms with Gasteiger partial charge in [-0.2, -0.15) is 0 Å². The minimum atomic E-state index is 0.132. The molecule has 1 aromatic rings. The van der Waals surface area contributed by atoms with Crippen LogP contribution in [-0.2, 0) is 0 Å².